The standard InChI is InChI=1S/C26H32N6O3.CH5N/c1-5-6-22(34)28-23-16(2)14-32(29-23)19-7-8-27-24(18(19)15-33)31-10-9-30-20(25(31)35)11-17-12-26(3,4)13-21(17)30;1-2/h7-8,11,14,33H,5-6,9-10,12-13,15H2,1-4H3,(H,28,29,34);2H2,1H3. The predicted octanol–water partition coefficient (Wildman–Crippen LogP) is 2.97. The van der Waals surface area contributed by atoms with Crippen LogP contribution in [0.5, 0.6) is 0 Å². The van der Waals surface area contributed by atoms with Crippen LogP contribution in [-0.4, -0.2) is 49.8 Å². The molecule has 0 fully saturated rings. The molecule has 0 saturated carbocycles. The van der Waals surface area contributed by atoms with E-state index in [1.807, 2.05) is 19.9 Å². The fourth-order valence-corrected chi connectivity index (χ4v) is 5.31. The highest BCUT2D eigenvalue weighted by Gasteiger charge is 2.37. The molecule has 0 saturated heterocycles. The van der Waals surface area contributed by atoms with E-state index in [4.69, 9.17) is 0 Å². The minimum atomic E-state index is -0.301. The van der Waals surface area contributed by atoms with Crippen molar-refractivity contribution in [3.05, 3.63) is 52.6 Å². The van der Waals surface area contributed by atoms with Gasteiger partial charge in [0.1, 0.15) is 11.5 Å². The fourth-order valence-electron chi connectivity index (χ4n) is 5.31. The van der Waals surface area contributed by atoms with Gasteiger partial charge in [-0.1, -0.05) is 20.8 Å². The molecule has 3 aromatic heterocycles. The van der Waals surface area contributed by atoms with Crippen LogP contribution in [0.2, 0.25) is 0 Å². The number of aromatic nitrogens is 4. The molecule has 4 heterocycles. The quantitative estimate of drug-likeness (QED) is 0.470. The van der Waals surface area contributed by atoms with Crippen molar-refractivity contribution in [2.75, 3.05) is 23.8 Å². The minimum absolute atomic E-state index is 0.0872. The lowest BCUT2D eigenvalue weighted by Gasteiger charge is -2.30. The number of rotatable bonds is 6. The van der Waals surface area contributed by atoms with E-state index in [2.05, 4.69) is 39.5 Å². The second-order valence-electron chi connectivity index (χ2n) is 10.3. The van der Waals surface area contributed by atoms with Crippen LogP contribution in [0.4, 0.5) is 11.6 Å². The zero-order valence-corrected chi connectivity index (χ0v) is 22.3. The first-order valence-corrected chi connectivity index (χ1v) is 12.8. The van der Waals surface area contributed by atoms with E-state index >= 15 is 0 Å². The summed E-state index contributed by atoms with van der Waals surface area (Å²) in [5.41, 5.74) is 9.88. The number of fused-ring (bicyclic) bond motifs is 3. The number of nitrogens with two attached hydrogens (primary N) is 1. The van der Waals surface area contributed by atoms with E-state index in [1.54, 1.807) is 28.0 Å². The number of anilines is 2. The summed E-state index contributed by atoms with van der Waals surface area (Å²) in [6.07, 6.45) is 6.55. The number of hydrogen-bond acceptors (Lipinski definition) is 6. The molecule has 0 aromatic carbocycles. The summed E-state index contributed by atoms with van der Waals surface area (Å²) in [6, 6.07) is 3.79. The Labute approximate surface area is 217 Å². The first kappa shape index (κ1) is 26.6. The lowest BCUT2D eigenvalue weighted by molar-refractivity contribution is -0.116. The van der Waals surface area contributed by atoms with Gasteiger partial charge in [0.2, 0.25) is 5.91 Å². The summed E-state index contributed by atoms with van der Waals surface area (Å²) in [6.45, 7) is 9.21. The van der Waals surface area contributed by atoms with Crippen LogP contribution >= 0.6 is 0 Å². The monoisotopic (exact) mass is 507 g/mol. The van der Waals surface area contributed by atoms with Crippen molar-refractivity contribution in [3.8, 4) is 5.69 Å². The molecule has 37 heavy (non-hydrogen) atoms. The van der Waals surface area contributed by atoms with Crippen LogP contribution in [0.1, 0.15) is 66.5 Å². The Morgan fingerprint density at radius 2 is 2.00 bits per heavy atom. The zero-order valence-electron chi connectivity index (χ0n) is 22.3. The van der Waals surface area contributed by atoms with Crippen molar-refractivity contribution in [1.29, 1.82) is 0 Å². The average molecular weight is 508 g/mol. The maximum Gasteiger partial charge on any atom is 0.276 e. The number of aliphatic hydroxyl groups is 1. The molecule has 3 aromatic rings. The second-order valence-corrected chi connectivity index (χ2v) is 10.3. The first-order valence-electron chi connectivity index (χ1n) is 12.8. The van der Waals surface area contributed by atoms with Gasteiger partial charge in [-0.2, -0.15) is 0 Å². The topological polar surface area (TPSA) is 131 Å². The Morgan fingerprint density at radius 1 is 1.24 bits per heavy atom. The van der Waals surface area contributed by atoms with Gasteiger partial charge in [0.25, 0.3) is 5.91 Å². The molecule has 10 nitrogen and oxygen atoms in total. The normalized spacial score (nSPS) is 15.6. The largest absolute Gasteiger partial charge is 0.391 e. The van der Waals surface area contributed by atoms with Crippen molar-refractivity contribution >= 4 is 23.5 Å². The van der Waals surface area contributed by atoms with Crippen molar-refractivity contribution in [2.24, 2.45) is 11.1 Å². The fraction of sp³-hybridized carbons (Fsp3) is 0.481. The molecule has 0 bridgehead atoms. The molecule has 2 amide bonds. The van der Waals surface area contributed by atoms with Crippen molar-refractivity contribution in [3.63, 3.8) is 0 Å². The van der Waals surface area contributed by atoms with Gasteiger partial charge in [-0.25, -0.2) is 9.67 Å². The summed E-state index contributed by atoms with van der Waals surface area (Å²) in [4.78, 5) is 31.8. The average Bonchev–Trinajstić information content (AvgIpc) is 3.50. The van der Waals surface area contributed by atoms with Crippen LogP contribution in [0, 0.1) is 12.3 Å². The molecule has 1 aliphatic carbocycles. The van der Waals surface area contributed by atoms with E-state index in [0.29, 0.717) is 48.1 Å². The summed E-state index contributed by atoms with van der Waals surface area (Å²) < 4.78 is 3.79. The third kappa shape index (κ3) is 4.91. The molecule has 5 rings (SSSR count). The number of carbonyl (C=O) groups is 2. The van der Waals surface area contributed by atoms with Crippen molar-refractivity contribution in [1.82, 2.24) is 19.3 Å². The van der Waals surface area contributed by atoms with E-state index in [0.717, 1.165) is 24.8 Å². The van der Waals surface area contributed by atoms with Gasteiger partial charge in [0, 0.05) is 48.7 Å². The maximum atomic E-state index is 13.6. The number of aliphatic hydroxyl groups excluding tert-OH is 1. The summed E-state index contributed by atoms with van der Waals surface area (Å²) in [5.74, 6) is 0.727. The zero-order chi connectivity index (χ0) is 26.9. The highest BCUT2D eigenvalue weighted by atomic mass is 16.3. The highest BCUT2D eigenvalue weighted by molar-refractivity contribution is 6.06. The Bertz CT molecular complexity index is 1320. The van der Waals surface area contributed by atoms with Gasteiger partial charge in [0.05, 0.1) is 12.3 Å². The predicted molar refractivity (Wildman–Crippen MR) is 143 cm³/mol. The minimum Gasteiger partial charge on any atom is -0.391 e. The Balaban J connectivity index is 0.00000156. The summed E-state index contributed by atoms with van der Waals surface area (Å²) in [7, 11) is 1.50. The summed E-state index contributed by atoms with van der Waals surface area (Å²) in [5, 5.41) is 17.7. The van der Waals surface area contributed by atoms with Crippen LogP contribution in [0.3, 0.4) is 0 Å². The van der Waals surface area contributed by atoms with Crippen LogP contribution in [0.15, 0.2) is 24.5 Å². The van der Waals surface area contributed by atoms with Crippen molar-refractivity contribution < 1.29 is 14.7 Å². The molecule has 10 heteroatoms. The molecule has 0 atom stereocenters. The van der Waals surface area contributed by atoms with Gasteiger partial charge in [-0.15, -0.1) is 5.10 Å². The number of carbonyl (C=O) groups excluding carboxylic acids is 2. The Kier molecular flexibility index (Phi) is 7.52. The number of nitrogens with one attached hydrogen (secondary N) is 1. The molecule has 0 radical (unpaired) electrons. The first-order chi connectivity index (χ1) is 17.7. The molecule has 1 aliphatic heterocycles. The molecule has 198 valence electrons. The number of amides is 2. The van der Waals surface area contributed by atoms with Gasteiger partial charge in [-0.3, -0.25) is 14.5 Å². The third-order valence-electron chi connectivity index (χ3n) is 6.93. The second kappa shape index (κ2) is 10.5. The number of nitrogens with zero attached hydrogens (tertiary/aromatic N) is 5. The smallest absolute Gasteiger partial charge is 0.276 e. The molecule has 0 unspecified atom stereocenters. The highest BCUT2D eigenvalue weighted by Crippen LogP contribution is 2.39. The van der Waals surface area contributed by atoms with Crippen LogP contribution in [0.25, 0.3) is 5.69 Å². The van der Waals surface area contributed by atoms with Crippen LogP contribution in [-0.2, 0) is 30.8 Å². The number of pyridine rings is 1. The number of hydrogen-bond donors (Lipinski definition) is 3. The number of aryl methyl sites for hydroxylation is 1. The molecule has 4 N–H and O–H groups in total. The van der Waals surface area contributed by atoms with Crippen LogP contribution < -0.4 is 16.0 Å². The Hall–Kier alpha value is -3.50. The lowest BCUT2D eigenvalue weighted by Crippen LogP contribution is -2.41. The van der Waals surface area contributed by atoms with Gasteiger partial charge >= 0.3 is 0 Å². The van der Waals surface area contributed by atoms with Crippen molar-refractivity contribution in [2.45, 2.75) is 66.5 Å². The molecular formula is C27H37N7O3. The lowest BCUT2D eigenvalue weighted by atomic mass is 9.90. The van der Waals surface area contributed by atoms with E-state index in [1.165, 1.54) is 18.3 Å². The van der Waals surface area contributed by atoms with E-state index in [9.17, 15) is 14.7 Å². The molecule has 0 spiro atoms. The Morgan fingerprint density at radius 3 is 2.70 bits per heavy atom. The van der Waals surface area contributed by atoms with E-state index in [-0.39, 0.29) is 23.8 Å². The molecule has 2 aliphatic rings. The SMILES string of the molecule is CCCC(=O)Nc1nn(-c2ccnc(N3CCn4c(cc5c4CC(C)(C)C5)C3=O)c2CO)cc1C.CN. The third-order valence-corrected chi connectivity index (χ3v) is 6.93. The molecular weight excluding hydrogens is 470 g/mol. The maximum absolute atomic E-state index is 13.6. The van der Waals surface area contributed by atoms with Gasteiger partial charge < -0.3 is 20.7 Å². The van der Waals surface area contributed by atoms with Gasteiger partial charge in [0.15, 0.2) is 5.82 Å². The van der Waals surface area contributed by atoms with Gasteiger partial charge in [-0.05, 0) is 56.3 Å². The van der Waals surface area contributed by atoms with E-state index < -0.39 is 0 Å². The summed E-state index contributed by atoms with van der Waals surface area (Å²) >= 11 is 0.